The summed E-state index contributed by atoms with van der Waals surface area (Å²) >= 11 is 0. The van der Waals surface area contributed by atoms with Crippen LogP contribution in [0.15, 0.2) is 0 Å². The molecule has 0 N–H and O–H groups in total. The number of ether oxygens (including phenoxy) is 1. The van der Waals surface area contributed by atoms with E-state index >= 15 is 0 Å². The number of aromatic nitrogens is 3. The van der Waals surface area contributed by atoms with Crippen molar-refractivity contribution in [3.63, 3.8) is 0 Å². The molecule has 5 nitrogen and oxygen atoms in total. The minimum Gasteiger partial charge on any atom is -0.378 e. The average molecular weight is 222 g/mol. The maximum Gasteiger partial charge on any atom is 0.102 e. The topological polar surface area (TPSA) is 63.7 Å². The number of hydrogen-bond acceptors (Lipinski definition) is 4. The molecule has 1 rings (SSSR count). The van der Waals surface area contributed by atoms with Gasteiger partial charge >= 0.3 is 0 Å². The SMILES string of the molecule is COCc1c(CC#N)nnn1CCC(C)C. The molecule has 0 saturated carbocycles. The van der Waals surface area contributed by atoms with Crippen molar-refractivity contribution in [1.29, 1.82) is 5.26 Å². The molecule has 0 saturated heterocycles. The second kappa shape index (κ2) is 6.23. The van der Waals surface area contributed by atoms with Crippen molar-refractivity contribution in [2.75, 3.05) is 7.11 Å². The summed E-state index contributed by atoms with van der Waals surface area (Å²) in [5.41, 5.74) is 1.65. The van der Waals surface area contributed by atoms with Crippen LogP contribution < -0.4 is 0 Å². The first-order valence-electron chi connectivity index (χ1n) is 5.46. The monoisotopic (exact) mass is 222 g/mol. The summed E-state index contributed by atoms with van der Waals surface area (Å²) in [7, 11) is 1.63. The molecule has 16 heavy (non-hydrogen) atoms. The molecule has 88 valence electrons. The van der Waals surface area contributed by atoms with Gasteiger partial charge < -0.3 is 4.74 Å². The van der Waals surface area contributed by atoms with Gasteiger partial charge in [-0.1, -0.05) is 19.1 Å². The zero-order valence-corrected chi connectivity index (χ0v) is 10.1. The summed E-state index contributed by atoms with van der Waals surface area (Å²) < 4.78 is 6.95. The molecule has 5 heteroatoms. The van der Waals surface area contributed by atoms with Crippen molar-refractivity contribution in [3.8, 4) is 6.07 Å². The summed E-state index contributed by atoms with van der Waals surface area (Å²) in [6, 6.07) is 2.09. The summed E-state index contributed by atoms with van der Waals surface area (Å²) in [6.45, 7) is 5.63. The molecular weight excluding hydrogens is 204 g/mol. The minimum absolute atomic E-state index is 0.292. The fraction of sp³-hybridized carbons (Fsp3) is 0.727. The van der Waals surface area contributed by atoms with Crippen LogP contribution in [0.4, 0.5) is 0 Å². The lowest BCUT2D eigenvalue weighted by molar-refractivity contribution is 0.175. The van der Waals surface area contributed by atoms with Gasteiger partial charge in [-0.05, 0) is 12.3 Å². The Bertz CT molecular complexity index is 365. The Morgan fingerprint density at radius 2 is 2.25 bits per heavy atom. The lowest BCUT2D eigenvalue weighted by Gasteiger charge is -2.08. The van der Waals surface area contributed by atoms with Gasteiger partial charge in [0.05, 0.1) is 24.8 Å². The Morgan fingerprint density at radius 3 is 2.81 bits per heavy atom. The first-order valence-corrected chi connectivity index (χ1v) is 5.46. The molecule has 0 atom stereocenters. The van der Waals surface area contributed by atoms with E-state index in [4.69, 9.17) is 10.00 Å². The van der Waals surface area contributed by atoms with Crippen LogP contribution in [0.3, 0.4) is 0 Å². The molecule has 0 aromatic carbocycles. The van der Waals surface area contributed by atoms with Crippen LogP contribution >= 0.6 is 0 Å². The van der Waals surface area contributed by atoms with E-state index in [0.717, 1.165) is 24.4 Å². The molecular formula is C11H18N4O. The van der Waals surface area contributed by atoms with Crippen molar-refractivity contribution in [1.82, 2.24) is 15.0 Å². The third-order valence-corrected chi connectivity index (χ3v) is 2.36. The molecule has 0 aliphatic heterocycles. The van der Waals surface area contributed by atoms with E-state index in [2.05, 4.69) is 30.2 Å². The van der Waals surface area contributed by atoms with Crippen molar-refractivity contribution in [2.24, 2.45) is 5.92 Å². The Morgan fingerprint density at radius 1 is 1.50 bits per heavy atom. The fourth-order valence-corrected chi connectivity index (χ4v) is 1.44. The van der Waals surface area contributed by atoms with Gasteiger partial charge in [0.2, 0.25) is 0 Å². The minimum atomic E-state index is 0.292. The molecule has 0 aliphatic rings. The molecule has 0 bridgehead atoms. The predicted molar refractivity (Wildman–Crippen MR) is 59.5 cm³/mol. The maximum absolute atomic E-state index is 8.67. The molecule has 1 heterocycles. The van der Waals surface area contributed by atoms with Crippen LogP contribution in [-0.4, -0.2) is 22.1 Å². The Kier molecular flexibility index (Phi) is 4.93. The van der Waals surface area contributed by atoms with Gasteiger partial charge in [-0.25, -0.2) is 4.68 Å². The largest absolute Gasteiger partial charge is 0.378 e. The molecule has 1 aromatic rings. The third-order valence-electron chi connectivity index (χ3n) is 2.36. The average Bonchev–Trinajstić information content (AvgIpc) is 2.60. The van der Waals surface area contributed by atoms with Gasteiger partial charge in [0, 0.05) is 13.7 Å². The highest BCUT2D eigenvalue weighted by Crippen LogP contribution is 2.10. The fourth-order valence-electron chi connectivity index (χ4n) is 1.44. The normalized spacial score (nSPS) is 10.7. The number of hydrogen-bond donors (Lipinski definition) is 0. The van der Waals surface area contributed by atoms with Crippen molar-refractivity contribution >= 4 is 0 Å². The predicted octanol–water partition coefficient (Wildman–Crippen LogP) is 1.54. The highest BCUT2D eigenvalue weighted by molar-refractivity contribution is 5.13. The lowest BCUT2D eigenvalue weighted by Crippen LogP contribution is -2.09. The van der Waals surface area contributed by atoms with Crippen LogP contribution in [0.2, 0.25) is 0 Å². The second-order valence-corrected chi connectivity index (χ2v) is 4.16. The van der Waals surface area contributed by atoms with E-state index in [-0.39, 0.29) is 0 Å². The van der Waals surface area contributed by atoms with Crippen molar-refractivity contribution in [2.45, 2.75) is 39.8 Å². The molecule has 0 amide bonds. The molecule has 0 aliphatic carbocycles. The molecule has 0 unspecified atom stereocenters. The van der Waals surface area contributed by atoms with E-state index in [9.17, 15) is 0 Å². The summed E-state index contributed by atoms with van der Waals surface area (Å²) in [5, 5.41) is 16.7. The zero-order valence-electron chi connectivity index (χ0n) is 10.1. The van der Waals surface area contributed by atoms with Crippen molar-refractivity contribution in [3.05, 3.63) is 11.4 Å². The number of rotatable bonds is 6. The van der Waals surface area contributed by atoms with E-state index in [1.807, 2.05) is 4.68 Å². The second-order valence-electron chi connectivity index (χ2n) is 4.16. The van der Waals surface area contributed by atoms with Gasteiger partial charge in [-0.3, -0.25) is 0 Å². The van der Waals surface area contributed by atoms with Gasteiger partial charge in [0.25, 0.3) is 0 Å². The van der Waals surface area contributed by atoms with Gasteiger partial charge in [0.15, 0.2) is 0 Å². The van der Waals surface area contributed by atoms with Gasteiger partial charge in [0.1, 0.15) is 5.69 Å². The lowest BCUT2D eigenvalue weighted by atomic mass is 10.1. The van der Waals surface area contributed by atoms with E-state index in [1.54, 1.807) is 7.11 Å². The highest BCUT2D eigenvalue weighted by atomic mass is 16.5. The van der Waals surface area contributed by atoms with E-state index in [1.165, 1.54) is 0 Å². The van der Waals surface area contributed by atoms with Crippen LogP contribution in [0.1, 0.15) is 31.7 Å². The van der Waals surface area contributed by atoms with E-state index < -0.39 is 0 Å². The number of aryl methyl sites for hydroxylation is 1. The summed E-state index contributed by atoms with van der Waals surface area (Å²) in [4.78, 5) is 0. The molecule has 0 spiro atoms. The summed E-state index contributed by atoms with van der Waals surface area (Å²) in [6.07, 6.45) is 1.34. The Balaban J connectivity index is 2.78. The van der Waals surface area contributed by atoms with Gasteiger partial charge in [-0.15, -0.1) is 5.10 Å². The standard InChI is InChI=1S/C11H18N4O/c1-9(2)5-7-15-11(8-16-3)10(4-6-12)13-14-15/h9H,4-5,7-8H2,1-3H3. The van der Waals surface area contributed by atoms with Crippen LogP contribution in [0.5, 0.6) is 0 Å². The van der Waals surface area contributed by atoms with Gasteiger partial charge in [-0.2, -0.15) is 5.26 Å². The number of nitriles is 1. The quantitative estimate of drug-likeness (QED) is 0.732. The zero-order chi connectivity index (χ0) is 12.0. The Labute approximate surface area is 96.0 Å². The van der Waals surface area contributed by atoms with Crippen LogP contribution in [0.25, 0.3) is 0 Å². The van der Waals surface area contributed by atoms with Crippen molar-refractivity contribution < 1.29 is 4.74 Å². The van der Waals surface area contributed by atoms with Crippen LogP contribution in [0, 0.1) is 17.2 Å². The first kappa shape index (κ1) is 12.7. The highest BCUT2D eigenvalue weighted by Gasteiger charge is 2.12. The Hall–Kier alpha value is -1.41. The molecule has 1 aromatic heterocycles. The summed E-state index contributed by atoms with van der Waals surface area (Å²) in [5.74, 6) is 0.624. The number of nitrogens with zero attached hydrogens (tertiary/aromatic N) is 4. The van der Waals surface area contributed by atoms with E-state index in [0.29, 0.717) is 18.9 Å². The number of methoxy groups -OCH3 is 1. The maximum atomic E-state index is 8.67. The third kappa shape index (κ3) is 3.31. The molecule has 0 fully saturated rings. The van der Waals surface area contributed by atoms with Crippen LogP contribution in [-0.2, 0) is 24.3 Å². The first-order chi connectivity index (χ1) is 7.69. The molecule has 0 radical (unpaired) electrons. The smallest absolute Gasteiger partial charge is 0.102 e.